The minimum absolute atomic E-state index is 0.151. The highest BCUT2D eigenvalue weighted by atomic mass is 16.5. The van der Waals surface area contributed by atoms with E-state index < -0.39 is 6.03 Å². The number of ether oxygens (including phenoxy) is 1. The number of likely N-dealkylation sites (N-methyl/N-ethyl adjacent to an activating group) is 1. The van der Waals surface area contributed by atoms with Crippen LogP contribution in [0.25, 0.3) is 0 Å². The highest BCUT2D eigenvalue weighted by Gasteiger charge is 2.14. The quantitative estimate of drug-likeness (QED) is 0.764. The molecule has 23 heavy (non-hydrogen) atoms. The van der Waals surface area contributed by atoms with Gasteiger partial charge in [-0.2, -0.15) is 0 Å². The van der Waals surface area contributed by atoms with Gasteiger partial charge in [0.05, 0.1) is 19.2 Å². The van der Waals surface area contributed by atoms with Crippen LogP contribution in [0.2, 0.25) is 0 Å². The van der Waals surface area contributed by atoms with Crippen molar-refractivity contribution in [3.8, 4) is 0 Å². The summed E-state index contributed by atoms with van der Waals surface area (Å²) in [6.45, 7) is 7.81. The van der Waals surface area contributed by atoms with Gasteiger partial charge in [-0.15, -0.1) is 0 Å². The first-order chi connectivity index (χ1) is 10.9. The van der Waals surface area contributed by atoms with Crippen molar-refractivity contribution in [2.45, 2.75) is 33.4 Å². The first-order valence-corrected chi connectivity index (χ1v) is 7.81. The molecule has 0 heterocycles. The SMILES string of the molecule is CCN(CC(=O)NC(=O)NC(C)COC)Cc1cccc(C)c1. The van der Waals surface area contributed by atoms with E-state index in [2.05, 4.69) is 16.7 Å². The summed E-state index contributed by atoms with van der Waals surface area (Å²) in [5, 5.41) is 4.99. The van der Waals surface area contributed by atoms with Crippen LogP contribution in [0.5, 0.6) is 0 Å². The van der Waals surface area contributed by atoms with E-state index in [0.29, 0.717) is 13.2 Å². The van der Waals surface area contributed by atoms with Gasteiger partial charge in [0.15, 0.2) is 0 Å². The molecule has 128 valence electrons. The molecule has 0 bridgehead atoms. The second-order valence-corrected chi connectivity index (χ2v) is 5.67. The third-order valence-electron chi connectivity index (χ3n) is 3.35. The zero-order chi connectivity index (χ0) is 17.2. The minimum atomic E-state index is -0.494. The van der Waals surface area contributed by atoms with Gasteiger partial charge in [0, 0.05) is 13.7 Å². The fourth-order valence-electron chi connectivity index (χ4n) is 2.27. The van der Waals surface area contributed by atoms with Crippen LogP contribution in [0.15, 0.2) is 24.3 Å². The molecule has 6 nitrogen and oxygen atoms in total. The molecule has 0 aliphatic heterocycles. The molecule has 1 unspecified atom stereocenters. The molecular formula is C17H27N3O3. The molecule has 3 amide bonds. The van der Waals surface area contributed by atoms with Crippen LogP contribution in [-0.4, -0.2) is 49.7 Å². The van der Waals surface area contributed by atoms with Gasteiger partial charge in [-0.3, -0.25) is 15.0 Å². The van der Waals surface area contributed by atoms with E-state index in [1.54, 1.807) is 7.11 Å². The number of aryl methyl sites for hydroxylation is 1. The molecule has 0 fully saturated rings. The van der Waals surface area contributed by atoms with Gasteiger partial charge >= 0.3 is 6.03 Å². The highest BCUT2D eigenvalue weighted by Crippen LogP contribution is 2.07. The third-order valence-corrected chi connectivity index (χ3v) is 3.35. The predicted molar refractivity (Wildman–Crippen MR) is 90.1 cm³/mol. The average molecular weight is 321 g/mol. The topological polar surface area (TPSA) is 70.7 Å². The Morgan fingerprint density at radius 3 is 2.70 bits per heavy atom. The number of benzene rings is 1. The summed E-state index contributed by atoms with van der Waals surface area (Å²) in [6.07, 6.45) is 0. The molecule has 1 atom stereocenters. The summed E-state index contributed by atoms with van der Waals surface area (Å²) < 4.78 is 4.93. The van der Waals surface area contributed by atoms with E-state index in [9.17, 15) is 9.59 Å². The van der Waals surface area contributed by atoms with Crippen molar-refractivity contribution in [2.75, 3.05) is 26.8 Å². The van der Waals surface area contributed by atoms with Crippen molar-refractivity contribution < 1.29 is 14.3 Å². The Morgan fingerprint density at radius 2 is 2.09 bits per heavy atom. The average Bonchev–Trinajstić information content (AvgIpc) is 2.46. The highest BCUT2D eigenvalue weighted by molar-refractivity contribution is 5.95. The van der Waals surface area contributed by atoms with Crippen LogP contribution in [0.1, 0.15) is 25.0 Å². The molecule has 1 rings (SSSR count). The van der Waals surface area contributed by atoms with E-state index in [1.165, 1.54) is 5.56 Å². The maximum Gasteiger partial charge on any atom is 0.321 e. The van der Waals surface area contributed by atoms with Crippen LogP contribution in [0.3, 0.4) is 0 Å². The predicted octanol–water partition coefficient (Wildman–Crippen LogP) is 1.68. The van der Waals surface area contributed by atoms with E-state index in [1.807, 2.05) is 43.9 Å². The number of imide groups is 1. The van der Waals surface area contributed by atoms with Gasteiger partial charge in [0.1, 0.15) is 0 Å². The number of methoxy groups -OCH3 is 1. The van der Waals surface area contributed by atoms with E-state index >= 15 is 0 Å². The third kappa shape index (κ3) is 7.76. The summed E-state index contributed by atoms with van der Waals surface area (Å²) >= 11 is 0. The largest absolute Gasteiger partial charge is 0.383 e. The van der Waals surface area contributed by atoms with Crippen molar-refractivity contribution in [1.82, 2.24) is 15.5 Å². The Kier molecular flexibility index (Phi) is 8.29. The van der Waals surface area contributed by atoms with Crippen molar-refractivity contribution in [2.24, 2.45) is 0 Å². The number of carbonyl (C=O) groups is 2. The number of hydrogen-bond acceptors (Lipinski definition) is 4. The maximum absolute atomic E-state index is 12.0. The lowest BCUT2D eigenvalue weighted by atomic mass is 10.1. The van der Waals surface area contributed by atoms with Gasteiger partial charge in [-0.05, 0) is 26.0 Å². The maximum atomic E-state index is 12.0. The fraction of sp³-hybridized carbons (Fsp3) is 0.529. The molecule has 0 saturated carbocycles. The fourth-order valence-corrected chi connectivity index (χ4v) is 2.27. The zero-order valence-electron chi connectivity index (χ0n) is 14.4. The number of rotatable bonds is 8. The second-order valence-electron chi connectivity index (χ2n) is 5.67. The Morgan fingerprint density at radius 1 is 1.35 bits per heavy atom. The molecule has 0 aliphatic rings. The molecular weight excluding hydrogens is 294 g/mol. The Bertz CT molecular complexity index is 520. The van der Waals surface area contributed by atoms with Crippen LogP contribution < -0.4 is 10.6 Å². The first-order valence-electron chi connectivity index (χ1n) is 7.81. The lowest BCUT2D eigenvalue weighted by molar-refractivity contribution is -0.121. The molecule has 0 spiro atoms. The van der Waals surface area contributed by atoms with Gasteiger partial charge in [0.2, 0.25) is 5.91 Å². The molecule has 1 aromatic rings. The smallest absolute Gasteiger partial charge is 0.321 e. The molecule has 6 heteroatoms. The first kappa shape index (κ1) is 19.1. The molecule has 0 radical (unpaired) electrons. The second kappa shape index (κ2) is 9.97. The summed E-state index contributed by atoms with van der Waals surface area (Å²) in [4.78, 5) is 25.7. The monoisotopic (exact) mass is 321 g/mol. The van der Waals surface area contributed by atoms with Gasteiger partial charge in [-0.1, -0.05) is 36.8 Å². The molecule has 0 aromatic heterocycles. The lowest BCUT2D eigenvalue weighted by Gasteiger charge is -2.20. The molecule has 0 aliphatic carbocycles. The van der Waals surface area contributed by atoms with Crippen LogP contribution in [0.4, 0.5) is 4.79 Å². The number of nitrogens with one attached hydrogen (secondary N) is 2. The van der Waals surface area contributed by atoms with Crippen LogP contribution in [-0.2, 0) is 16.1 Å². The summed E-state index contributed by atoms with van der Waals surface area (Å²) in [6, 6.07) is 7.53. The number of hydrogen-bond donors (Lipinski definition) is 2. The summed E-state index contributed by atoms with van der Waals surface area (Å²) in [5.41, 5.74) is 2.34. The number of carbonyl (C=O) groups excluding carboxylic acids is 2. The van der Waals surface area contributed by atoms with E-state index in [4.69, 9.17) is 4.74 Å². The van der Waals surface area contributed by atoms with E-state index in [0.717, 1.165) is 12.1 Å². The lowest BCUT2D eigenvalue weighted by Crippen LogP contribution is -2.47. The summed E-state index contributed by atoms with van der Waals surface area (Å²) in [7, 11) is 1.56. The minimum Gasteiger partial charge on any atom is -0.383 e. The van der Waals surface area contributed by atoms with Crippen molar-refractivity contribution >= 4 is 11.9 Å². The molecule has 1 aromatic carbocycles. The van der Waals surface area contributed by atoms with Crippen LogP contribution >= 0.6 is 0 Å². The Hall–Kier alpha value is -1.92. The number of amides is 3. The van der Waals surface area contributed by atoms with Crippen molar-refractivity contribution in [1.29, 1.82) is 0 Å². The van der Waals surface area contributed by atoms with Crippen molar-refractivity contribution in [3.63, 3.8) is 0 Å². The zero-order valence-corrected chi connectivity index (χ0v) is 14.4. The Labute approximate surface area is 138 Å². The van der Waals surface area contributed by atoms with E-state index in [-0.39, 0.29) is 18.5 Å². The van der Waals surface area contributed by atoms with Gasteiger partial charge in [0.25, 0.3) is 0 Å². The standard InChI is InChI=1S/C17H27N3O3/c1-5-20(10-15-8-6-7-13(2)9-15)11-16(21)19-17(22)18-14(3)12-23-4/h6-9,14H,5,10-12H2,1-4H3,(H2,18,19,21,22). The molecule has 2 N–H and O–H groups in total. The van der Waals surface area contributed by atoms with Crippen LogP contribution in [0, 0.1) is 6.92 Å². The Balaban J connectivity index is 2.45. The molecule has 0 saturated heterocycles. The van der Waals surface area contributed by atoms with Crippen molar-refractivity contribution in [3.05, 3.63) is 35.4 Å². The normalized spacial score (nSPS) is 12.0. The number of urea groups is 1. The van der Waals surface area contributed by atoms with Gasteiger partial charge in [-0.25, -0.2) is 4.79 Å². The van der Waals surface area contributed by atoms with Gasteiger partial charge < -0.3 is 10.1 Å². The summed E-state index contributed by atoms with van der Waals surface area (Å²) in [5.74, 6) is -0.318. The number of nitrogens with zero attached hydrogens (tertiary/aromatic N) is 1.